The normalized spacial score (nSPS) is 12.0. The van der Waals surface area contributed by atoms with Gasteiger partial charge in [0.05, 0.1) is 10.6 Å². The van der Waals surface area contributed by atoms with Gasteiger partial charge in [-0.3, -0.25) is 13.9 Å². The molecule has 36 heavy (non-hydrogen) atoms. The van der Waals surface area contributed by atoms with Crippen LogP contribution in [-0.2, 0) is 26.2 Å². The molecule has 0 saturated heterocycles. The average molecular weight is 548 g/mol. The van der Waals surface area contributed by atoms with Crippen LogP contribution in [0.1, 0.15) is 18.9 Å². The number of anilines is 1. The molecule has 0 aromatic heterocycles. The van der Waals surface area contributed by atoms with Gasteiger partial charge in [0, 0.05) is 23.6 Å². The van der Waals surface area contributed by atoms with Gasteiger partial charge < -0.3 is 10.2 Å². The highest BCUT2D eigenvalue weighted by Crippen LogP contribution is 2.25. The molecule has 7 nitrogen and oxygen atoms in total. The van der Waals surface area contributed by atoms with Crippen LogP contribution in [0.3, 0.4) is 0 Å². The van der Waals surface area contributed by atoms with Crippen LogP contribution in [-0.4, -0.2) is 44.8 Å². The van der Waals surface area contributed by atoms with E-state index in [1.54, 1.807) is 61.5 Å². The van der Waals surface area contributed by atoms with Crippen LogP contribution in [0.2, 0.25) is 10.0 Å². The lowest BCUT2D eigenvalue weighted by Gasteiger charge is -2.33. The third kappa shape index (κ3) is 6.57. The van der Waals surface area contributed by atoms with Gasteiger partial charge in [0.1, 0.15) is 12.6 Å². The van der Waals surface area contributed by atoms with Crippen molar-refractivity contribution in [3.05, 3.63) is 94.5 Å². The molecule has 190 valence electrons. The molecule has 0 radical (unpaired) electrons. The quantitative estimate of drug-likeness (QED) is 0.397. The Balaban J connectivity index is 2.02. The Morgan fingerprint density at radius 3 is 1.97 bits per heavy atom. The van der Waals surface area contributed by atoms with Gasteiger partial charge >= 0.3 is 0 Å². The Labute approximate surface area is 221 Å². The Hall–Kier alpha value is -3.07. The van der Waals surface area contributed by atoms with Crippen molar-refractivity contribution >= 4 is 50.7 Å². The minimum absolute atomic E-state index is 0.00820. The first-order chi connectivity index (χ1) is 17.2. The summed E-state index contributed by atoms with van der Waals surface area (Å²) in [7, 11) is -2.63. The Bertz CT molecular complexity index is 1290. The first kappa shape index (κ1) is 27.5. The monoisotopic (exact) mass is 547 g/mol. The van der Waals surface area contributed by atoms with Crippen LogP contribution in [0, 0.1) is 0 Å². The summed E-state index contributed by atoms with van der Waals surface area (Å²) in [6.07, 6.45) is 0.342. The van der Waals surface area contributed by atoms with E-state index in [-0.39, 0.29) is 17.3 Å². The Morgan fingerprint density at radius 1 is 0.889 bits per heavy atom. The summed E-state index contributed by atoms with van der Waals surface area (Å²) >= 11 is 12.0. The standard InChI is InChI=1S/C26H27Cl2N3O4S/c1-3-24(26(33)29-2)30(17-19-9-11-20(27)12-10-19)25(32)18-31(22-7-5-4-6-8-22)36(34,35)23-15-13-21(28)14-16-23/h4-16,24H,3,17-18H2,1-2H3,(H,29,33)/t24-/m0/s1. The van der Waals surface area contributed by atoms with Crippen molar-refractivity contribution in [2.75, 3.05) is 17.9 Å². The molecule has 0 heterocycles. The Morgan fingerprint density at radius 2 is 1.44 bits per heavy atom. The Kier molecular flexibility index (Phi) is 9.37. The first-order valence-corrected chi connectivity index (χ1v) is 13.5. The number of sulfonamides is 1. The van der Waals surface area contributed by atoms with Gasteiger partial charge in [0.2, 0.25) is 11.8 Å². The maximum Gasteiger partial charge on any atom is 0.264 e. The minimum atomic E-state index is -4.13. The number of benzene rings is 3. The maximum absolute atomic E-state index is 13.7. The van der Waals surface area contributed by atoms with E-state index in [4.69, 9.17) is 23.2 Å². The highest BCUT2D eigenvalue weighted by atomic mass is 35.5. The third-order valence-corrected chi connectivity index (χ3v) is 7.92. The molecule has 10 heteroatoms. The van der Waals surface area contributed by atoms with E-state index in [0.717, 1.165) is 9.87 Å². The largest absolute Gasteiger partial charge is 0.357 e. The molecule has 3 aromatic rings. The molecular weight excluding hydrogens is 521 g/mol. The number of rotatable bonds is 10. The number of halogens is 2. The van der Waals surface area contributed by atoms with E-state index in [1.165, 1.54) is 36.2 Å². The molecule has 2 amide bonds. The van der Waals surface area contributed by atoms with Crippen molar-refractivity contribution in [3.8, 4) is 0 Å². The van der Waals surface area contributed by atoms with E-state index in [9.17, 15) is 18.0 Å². The number of carbonyl (C=O) groups excluding carboxylic acids is 2. The lowest BCUT2D eigenvalue weighted by atomic mass is 10.1. The maximum atomic E-state index is 13.7. The van der Waals surface area contributed by atoms with Crippen molar-refractivity contribution in [2.24, 2.45) is 0 Å². The van der Waals surface area contributed by atoms with Gasteiger partial charge in [-0.25, -0.2) is 8.42 Å². The molecule has 1 N–H and O–H groups in total. The second kappa shape index (κ2) is 12.3. The van der Waals surface area contributed by atoms with Gasteiger partial charge in [-0.1, -0.05) is 60.5 Å². The molecule has 3 rings (SSSR count). The van der Waals surface area contributed by atoms with Crippen molar-refractivity contribution < 1.29 is 18.0 Å². The van der Waals surface area contributed by atoms with E-state index in [2.05, 4.69) is 5.32 Å². The van der Waals surface area contributed by atoms with E-state index < -0.39 is 28.5 Å². The van der Waals surface area contributed by atoms with Crippen molar-refractivity contribution in [3.63, 3.8) is 0 Å². The van der Waals surface area contributed by atoms with E-state index in [0.29, 0.717) is 22.2 Å². The van der Waals surface area contributed by atoms with E-state index >= 15 is 0 Å². The predicted octanol–water partition coefficient (Wildman–Crippen LogP) is 4.74. The number of carbonyl (C=O) groups is 2. The zero-order chi connectivity index (χ0) is 26.3. The molecule has 1 atom stereocenters. The number of hydrogen-bond donors (Lipinski definition) is 1. The van der Waals surface area contributed by atoms with Crippen molar-refractivity contribution in [1.29, 1.82) is 0 Å². The first-order valence-electron chi connectivity index (χ1n) is 11.3. The molecular formula is C26H27Cl2N3O4S. The van der Waals surface area contributed by atoms with Crippen LogP contribution in [0.25, 0.3) is 0 Å². The lowest BCUT2D eigenvalue weighted by molar-refractivity contribution is -0.140. The molecule has 0 aliphatic heterocycles. The smallest absolute Gasteiger partial charge is 0.264 e. The van der Waals surface area contributed by atoms with Crippen LogP contribution in [0.15, 0.2) is 83.8 Å². The zero-order valence-electron chi connectivity index (χ0n) is 19.9. The van der Waals surface area contributed by atoms with E-state index in [1.807, 2.05) is 0 Å². The van der Waals surface area contributed by atoms with Crippen molar-refractivity contribution in [1.82, 2.24) is 10.2 Å². The summed E-state index contributed by atoms with van der Waals surface area (Å²) in [6.45, 7) is 1.39. The topological polar surface area (TPSA) is 86.8 Å². The predicted molar refractivity (Wildman–Crippen MR) is 143 cm³/mol. The zero-order valence-corrected chi connectivity index (χ0v) is 22.2. The van der Waals surface area contributed by atoms with Gasteiger partial charge in [-0.05, 0) is 60.5 Å². The molecule has 0 aliphatic carbocycles. The number of para-hydroxylation sites is 1. The summed E-state index contributed by atoms with van der Waals surface area (Å²) in [5.41, 5.74) is 1.07. The average Bonchev–Trinajstić information content (AvgIpc) is 2.88. The SMILES string of the molecule is CC[C@@H](C(=O)NC)N(Cc1ccc(Cl)cc1)C(=O)CN(c1ccccc1)S(=O)(=O)c1ccc(Cl)cc1. The van der Waals surface area contributed by atoms with Crippen LogP contribution >= 0.6 is 23.2 Å². The number of hydrogen-bond acceptors (Lipinski definition) is 4. The fraction of sp³-hybridized carbons (Fsp3) is 0.231. The second-order valence-electron chi connectivity index (χ2n) is 7.99. The minimum Gasteiger partial charge on any atom is -0.357 e. The molecule has 0 aliphatic rings. The summed E-state index contributed by atoms with van der Waals surface area (Å²) < 4.78 is 28.3. The second-order valence-corrected chi connectivity index (χ2v) is 10.7. The summed E-state index contributed by atoms with van der Waals surface area (Å²) in [6, 6.07) is 20.2. The molecule has 0 fully saturated rings. The number of nitrogens with one attached hydrogen (secondary N) is 1. The number of likely N-dealkylation sites (N-methyl/N-ethyl adjacent to an activating group) is 1. The molecule has 3 aromatic carbocycles. The molecule has 0 saturated carbocycles. The van der Waals surface area contributed by atoms with Crippen LogP contribution in [0.5, 0.6) is 0 Å². The fourth-order valence-electron chi connectivity index (χ4n) is 3.73. The number of nitrogens with zero attached hydrogens (tertiary/aromatic N) is 2. The van der Waals surface area contributed by atoms with Gasteiger partial charge in [0.15, 0.2) is 0 Å². The number of amides is 2. The van der Waals surface area contributed by atoms with Gasteiger partial charge in [-0.2, -0.15) is 0 Å². The summed E-state index contributed by atoms with van der Waals surface area (Å²) in [5, 5.41) is 3.53. The van der Waals surface area contributed by atoms with Gasteiger partial charge in [0.25, 0.3) is 10.0 Å². The highest BCUT2D eigenvalue weighted by molar-refractivity contribution is 7.92. The molecule has 0 spiro atoms. The highest BCUT2D eigenvalue weighted by Gasteiger charge is 2.33. The van der Waals surface area contributed by atoms with Crippen LogP contribution < -0.4 is 9.62 Å². The molecule has 0 bridgehead atoms. The summed E-state index contributed by atoms with van der Waals surface area (Å²) in [4.78, 5) is 27.8. The van der Waals surface area contributed by atoms with Crippen LogP contribution in [0.4, 0.5) is 5.69 Å². The molecule has 0 unspecified atom stereocenters. The fourth-order valence-corrected chi connectivity index (χ4v) is 5.40. The summed E-state index contributed by atoms with van der Waals surface area (Å²) in [5.74, 6) is -0.867. The third-order valence-electron chi connectivity index (χ3n) is 5.62. The van der Waals surface area contributed by atoms with Crippen molar-refractivity contribution in [2.45, 2.75) is 30.8 Å². The van der Waals surface area contributed by atoms with Gasteiger partial charge in [-0.15, -0.1) is 0 Å². The lowest BCUT2D eigenvalue weighted by Crippen LogP contribution is -2.51.